The smallest absolute Gasteiger partial charge is 0.296 e. The van der Waals surface area contributed by atoms with Gasteiger partial charge in [0.2, 0.25) is 0 Å². The van der Waals surface area contributed by atoms with Gasteiger partial charge in [0, 0.05) is 25.5 Å². The standard InChI is InChI=1S/C14H16N4O4/c1-17(9-10-8-15-4-5-16-10)11-6-13(21-2)14(22-3)7-12(11)18(19)20/h4-8H,9H2,1-3H3. The van der Waals surface area contributed by atoms with Crippen molar-refractivity contribution in [1.82, 2.24) is 9.97 Å². The van der Waals surface area contributed by atoms with Crippen LogP contribution in [0.4, 0.5) is 11.4 Å². The molecular formula is C14H16N4O4. The summed E-state index contributed by atoms with van der Waals surface area (Å²) in [5, 5.41) is 11.3. The summed E-state index contributed by atoms with van der Waals surface area (Å²) in [6, 6.07) is 2.93. The molecule has 8 nitrogen and oxygen atoms in total. The molecule has 0 aliphatic heterocycles. The van der Waals surface area contributed by atoms with Crippen LogP contribution in [-0.2, 0) is 6.54 Å². The SMILES string of the molecule is COc1cc(N(C)Cc2cnccn2)c([N+](=O)[O-])cc1OC. The predicted molar refractivity (Wildman–Crippen MR) is 80.3 cm³/mol. The van der Waals surface area contributed by atoms with Crippen molar-refractivity contribution < 1.29 is 14.4 Å². The van der Waals surface area contributed by atoms with Crippen LogP contribution in [-0.4, -0.2) is 36.2 Å². The monoisotopic (exact) mass is 304 g/mol. The zero-order chi connectivity index (χ0) is 16.1. The van der Waals surface area contributed by atoms with Gasteiger partial charge in [-0.15, -0.1) is 0 Å². The number of rotatable bonds is 6. The summed E-state index contributed by atoms with van der Waals surface area (Å²) >= 11 is 0. The minimum absolute atomic E-state index is 0.0657. The van der Waals surface area contributed by atoms with Gasteiger partial charge in [0.05, 0.1) is 43.6 Å². The van der Waals surface area contributed by atoms with Crippen molar-refractivity contribution in [2.24, 2.45) is 0 Å². The number of nitro groups is 1. The second-order valence-corrected chi connectivity index (χ2v) is 4.51. The Kier molecular flexibility index (Phi) is 4.72. The van der Waals surface area contributed by atoms with Gasteiger partial charge < -0.3 is 14.4 Å². The second-order valence-electron chi connectivity index (χ2n) is 4.51. The number of aromatic nitrogens is 2. The van der Waals surface area contributed by atoms with Crippen LogP contribution >= 0.6 is 0 Å². The number of nitro benzene ring substituents is 1. The number of anilines is 1. The minimum atomic E-state index is -0.454. The Morgan fingerprint density at radius 2 is 1.91 bits per heavy atom. The number of hydrogen-bond acceptors (Lipinski definition) is 7. The van der Waals surface area contributed by atoms with Gasteiger partial charge in [-0.2, -0.15) is 0 Å². The third kappa shape index (κ3) is 3.22. The summed E-state index contributed by atoms with van der Waals surface area (Å²) in [5.41, 5.74) is 1.05. The minimum Gasteiger partial charge on any atom is -0.493 e. The van der Waals surface area contributed by atoms with Crippen molar-refractivity contribution in [1.29, 1.82) is 0 Å². The maximum absolute atomic E-state index is 11.3. The molecule has 0 bridgehead atoms. The van der Waals surface area contributed by atoms with Crippen LogP contribution in [0.1, 0.15) is 5.69 Å². The summed E-state index contributed by atoms with van der Waals surface area (Å²) in [6.07, 6.45) is 4.76. The molecule has 0 aliphatic carbocycles. The van der Waals surface area contributed by atoms with E-state index in [0.717, 1.165) is 0 Å². The van der Waals surface area contributed by atoms with Gasteiger partial charge >= 0.3 is 0 Å². The average molecular weight is 304 g/mol. The third-order valence-electron chi connectivity index (χ3n) is 3.10. The van der Waals surface area contributed by atoms with Gasteiger partial charge in [0.1, 0.15) is 5.69 Å². The number of benzene rings is 1. The maximum atomic E-state index is 11.3. The quantitative estimate of drug-likeness (QED) is 0.595. The molecule has 0 aliphatic rings. The Morgan fingerprint density at radius 3 is 2.45 bits per heavy atom. The zero-order valence-electron chi connectivity index (χ0n) is 12.5. The van der Waals surface area contributed by atoms with E-state index in [-0.39, 0.29) is 5.69 Å². The van der Waals surface area contributed by atoms with Gasteiger partial charge in [-0.25, -0.2) is 0 Å². The van der Waals surface area contributed by atoms with Crippen molar-refractivity contribution in [2.75, 3.05) is 26.2 Å². The lowest BCUT2D eigenvalue weighted by atomic mass is 10.2. The van der Waals surface area contributed by atoms with Gasteiger partial charge in [-0.05, 0) is 0 Å². The predicted octanol–water partition coefficient (Wildman–Crippen LogP) is 2.04. The van der Waals surface area contributed by atoms with Crippen molar-refractivity contribution in [2.45, 2.75) is 6.54 Å². The Hall–Kier alpha value is -2.90. The van der Waals surface area contributed by atoms with Crippen molar-refractivity contribution in [3.63, 3.8) is 0 Å². The topological polar surface area (TPSA) is 90.6 Å². The summed E-state index contributed by atoms with van der Waals surface area (Å²) in [6.45, 7) is 0.379. The summed E-state index contributed by atoms with van der Waals surface area (Å²) in [7, 11) is 4.66. The third-order valence-corrected chi connectivity index (χ3v) is 3.10. The molecule has 0 spiro atoms. The molecule has 0 saturated heterocycles. The molecule has 0 fully saturated rings. The van der Waals surface area contributed by atoms with Crippen molar-refractivity contribution in [3.8, 4) is 11.5 Å². The van der Waals surface area contributed by atoms with Gasteiger partial charge in [0.15, 0.2) is 11.5 Å². The fraction of sp³-hybridized carbons (Fsp3) is 0.286. The molecule has 116 valence electrons. The first-order chi connectivity index (χ1) is 10.6. The Balaban J connectivity index is 2.41. The number of methoxy groups -OCH3 is 2. The number of hydrogen-bond donors (Lipinski definition) is 0. The molecule has 22 heavy (non-hydrogen) atoms. The molecule has 8 heteroatoms. The summed E-state index contributed by atoms with van der Waals surface area (Å²) < 4.78 is 10.3. The lowest BCUT2D eigenvalue weighted by Gasteiger charge is -2.20. The van der Waals surface area contributed by atoms with E-state index in [4.69, 9.17) is 9.47 Å². The Bertz CT molecular complexity index is 663. The fourth-order valence-corrected chi connectivity index (χ4v) is 2.05. The molecule has 1 aromatic carbocycles. The lowest BCUT2D eigenvalue weighted by Crippen LogP contribution is -2.18. The molecule has 2 aromatic rings. The molecule has 2 rings (SSSR count). The first-order valence-electron chi connectivity index (χ1n) is 6.43. The second kappa shape index (κ2) is 6.70. The van der Waals surface area contributed by atoms with E-state index in [9.17, 15) is 10.1 Å². The largest absolute Gasteiger partial charge is 0.493 e. The van der Waals surface area contributed by atoms with Crippen LogP contribution in [0.15, 0.2) is 30.7 Å². The van der Waals surface area contributed by atoms with Crippen LogP contribution < -0.4 is 14.4 Å². The molecule has 0 radical (unpaired) electrons. The molecule has 0 N–H and O–H groups in total. The average Bonchev–Trinajstić information content (AvgIpc) is 2.54. The lowest BCUT2D eigenvalue weighted by molar-refractivity contribution is -0.384. The van der Waals surface area contributed by atoms with E-state index in [0.29, 0.717) is 29.4 Å². The highest BCUT2D eigenvalue weighted by atomic mass is 16.6. The van der Waals surface area contributed by atoms with Crippen LogP contribution in [0.25, 0.3) is 0 Å². The van der Waals surface area contributed by atoms with E-state index >= 15 is 0 Å². The summed E-state index contributed by atoms with van der Waals surface area (Å²) in [5.74, 6) is 0.736. The van der Waals surface area contributed by atoms with Crippen molar-refractivity contribution >= 4 is 11.4 Å². The number of nitrogens with zero attached hydrogens (tertiary/aromatic N) is 4. The Morgan fingerprint density at radius 1 is 1.23 bits per heavy atom. The molecular weight excluding hydrogens is 288 g/mol. The highest BCUT2D eigenvalue weighted by Crippen LogP contribution is 2.39. The van der Waals surface area contributed by atoms with Crippen LogP contribution in [0.3, 0.4) is 0 Å². The first kappa shape index (κ1) is 15.5. The molecule has 0 atom stereocenters. The molecule has 0 amide bonds. The van der Waals surface area contributed by atoms with Crippen LogP contribution in [0.5, 0.6) is 11.5 Å². The summed E-state index contributed by atoms with van der Waals surface area (Å²) in [4.78, 5) is 20.7. The van der Waals surface area contributed by atoms with E-state index in [1.165, 1.54) is 20.3 Å². The zero-order valence-corrected chi connectivity index (χ0v) is 12.5. The van der Waals surface area contributed by atoms with E-state index < -0.39 is 4.92 Å². The first-order valence-corrected chi connectivity index (χ1v) is 6.43. The van der Waals surface area contributed by atoms with E-state index in [1.54, 1.807) is 36.6 Å². The fourth-order valence-electron chi connectivity index (χ4n) is 2.05. The maximum Gasteiger partial charge on any atom is 0.296 e. The van der Waals surface area contributed by atoms with E-state index in [2.05, 4.69) is 9.97 Å². The number of ether oxygens (including phenoxy) is 2. The van der Waals surface area contributed by atoms with Gasteiger partial charge in [0.25, 0.3) is 5.69 Å². The highest BCUT2D eigenvalue weighted by Gasteiger charge is 2.22. The van der Waals surface area contributed by atoms with Gasteiger partial charge in [-0.3, -0.25) is 20.1 Å². The molecule has 0 unspecified atom stereocenters. The Labute approximate surface area is 127 Å². The van der Waals surface area contributed by atoms with E-state index in [1.807, 2.05) is 0 Å². The molecule has 1 aromatic heterocycles. The van der Waals surface area contributed by atoms with Gasteiger partial charge in [-0.1, -0.05) is 0 Å². The highest BCUT2D eigenvalue weighted by molar-refractivity contribution is 5.69. The normalized spacial score (nSPS) is 10.1. The van der Waals surface area contributed by atoms with Crippen molar-refractivity contribution in [3.05, 3.63) is 46.5 Å². The van der Waals surface area contributed by atoms with Crippen LogP contribution in [0, 0.1) is 10.1 Å². The van der Waals surface area contributed by atoms with Crippen LogP contribution in [0.2, 0.25) is 0 Å². The molecule has 0 saturated carbocycles. The molecule has 1 heterocycles.